The highest BCUT2D eigenvalue weighted by Crippen LogP contribution is 2.45. The van der Waals surface area contributed by atoms with Gasteiger partial charge in [0.25, 0.3) is 0 Å². The molecule has 3 rings (SSSR count). The Morgan fingerprint density at radius 3 is 1.52 bits per heavy atom. The molecule has 1 unspecified atom stereocenters. The Morgan fingerprint density at radius 1 is 0.724 bits per heavy atom. The summed E-state index contributed by atoms with van der Waals surface area (Å²) in [6, 6.07) is 29.4. The number of unbranched alkanes of at least 4 members (excludes halogenated alkanes) is 1. The molecule has 150 valence electrons. The normalized spacial score (nSPS) is 12.5. The Bertz CT molecular complexity index is 747. The molecular weight excluding hydrogens is 366 g/mol. The Balaban J connectivity index is 2.01. The van der Waals surface area contributed by atoms with Gasteiger partial charge in [0.05, 0.1) is 5.41 Å². The van der Waals surface area contributed by atoms with E-state index in [9.17, 15) is 0 Å². The van der Waals surface area contributed by atoms with Crippen molar-refractivity contribution in [2.24, 2.45) is 0 Å². The third-order valence-electron chi connectivity index (χ3n) is 5.28. The maximum atomic E-state index is 16.2. The van der Waals surface area contributed by atoms with Gasteiger partial charge in [-0.3, -0.25) is 0 Å². The third kappa shape index (κ3) is 4.93. The van der Waals surface area contributed by atoms with E-state index in [1.54, 1.807) is 0 Å². The first-order valence-electron chi connectivity index (χ1n) is 9.94. The molecule has 1 atom stereocenters. The molecular formula is C24H26BFO3. The second-order valence-corrected chi connectivity index (χ2v) is 7.07. The topological polar surface area (TPSA) is 49.7 Å². The first kappa shape index (κ1) is 21.2. The zero-order valence-electron chi connectivity index (χ0n) is 16.3. The van der Waals surface area contributed by atoms with Crippen LogP contribution in [0.3, 0.4) is 0 Å². The van der Waals surface area contributed by atoms with E-state index in [1.807, 2.05) is 91.0 Å². The van der Waals surface area contributed by atoms with Crippen LogP contribution in [0.2, 0.25) is 0 Å². The van der Waals surface area contributed by atoms with Gasteiger partial charge in [0.1, 0.15) is 6.17 Å². The van der Waals surface area contributed by atoms with Gasteiger partial charge >= 0.3 is 7.32 Å². The van der Waals surface area contributed by atoms with E-state index in [-0.39, 0.29) is 6.61 Å². The zero-order chi connectivity index (χ0) is 20.5. The summed E-state index contributed by atoms with van der Waals surface area (Å²) in [7, 11) is -1.78. The molecule has 3 aromatic carbocycles. The molecule has 3 nitrogen and oxygen atoms in total. The van der Waals surface area contributed by atoms with Crippen molar-refractivity contribution in [1.29, 1.82) is 0 Å². The number of halogens is 1. The second-order valence-electron chi connectivity index (χ2n) is 7.07. The molecule has 0 bridgehead atoms. The van der Waals surface area contributed by atoms with E-state index in [4.69, 9.17) is 14.7 Å². The van der Waals surface area contributed by atoms with Gasteiger partial charge in [-0.1, -0.05) is 91.0 Å². The minimum atomic E-state index is -1.78. The molecule has 0 saturated heterocycles. The predicted molar refractivity (Wildman–Crippen MR) is 114 cm³/mol. The van der Waals surface area contributed by atoms with Gasteiger partial charge < -0.3 is 14.7 Å². The molecule has 3 aromatic rings. The van der Waals surface area contributed by atoms with Gasteiger partial charge in [-0.2, -0.15) is 0 Å². The molecule has 0 saturated carbocycles. The van der Waals surface area contributed by atoms with E-state index in [0.29, 0.717) is 19.3 Å². The fraction of sp³-hybridized carbons (Fsp3) is 0.250. The van der Waals surface area contributed by atoms with Gasteiger partial charge in [-0.05, 0) is 36.0 Å². The molecule has 0 aromatic heterocycles. The monoisotopic (exact) mass is 392 g/mol. The van der Waals surface area contributed by atoms with Crippen LogP contribution in [-0.2, 0) is 10.1 Å². The number of rotatable bonds is 10. The first-order valence-corrected chi connectivity index (χ1v) is 9.94. The van der Waals surface area contributed by atoms with Crippen LogP contribution >= 0.6 is 0 Å². The lowest BCUT2D eigenvalue weighted by molar-refractivity contribution is 0.175. The van der Waals surface area contributed by atoms with Crippen LogP contribution in [0.15, 0.2) is 91.0 Å². The lowest BCUT2D eigenvalue weighted by Gasteiger charge is -2.39. The minimum absolute atomic E-state index is 0.180. The van der Waals surface area contributed by atoms with Crippen molar-refractivity contribution < 1.29 is 19.1 Å². The molecule has 0 radical (unpaired) electrons. The van der Waals surface area contributed by atoms with Crippen LogP contribution in [0.4, 0.5) is 4.39 Å². The van der Waals surface area contributed by atoms with Crippen molar-refractivity contribution in [2.75, 3.05) is 6.61 Å². The number of alkyl halides is 1. The highest BCUT2D eigenvalue weighted by molar-refractivity contribution is 6.32. The standard InChI is InChI=1S/C24H26BFO3/c26-23(18-10-11-19-29-25(27)28)24(20-12-4-1-5-13-20,21-14-6-2-7-15-21)22-16-8-3-9-17-22/h1-9,12-17,23,27-28H,10-11,18-19H2. The van der Waals surface area contributed by atoms with E-state index in [0.717, 1.165) is 16.7 Å². The molecule has 0 aliphatic rings. The average Bonchev–Trinajstić information content (AvgIpc) is 2.76. The predicted octanol–water partition coefficient (Wildman–Crippen LogP) is 4.52. The highest BCUT2D eigenvalue weighted by atomic mass is 19.1. The summed E-state index contributed by atoms with van der Waals surface area (Å²) in [6.07, 6.45) is 0.270. The van der Waals surface area contributed by atoms with E-state index >= 15 is 4.39 Å². The summed E-state index contributed by atoms with van der Waals surface area (Å²) in [5.41, 5.74) is 1.80. The Morgan fingerprint density at radius 2 is 1.14 bits per heavy atom. The Kier molecular flexibility index (Phi) is 7.58. The number of benzene rings is 3. The summed E-state index contributed by atoms with van der Waals surface area (Å²) in [5.74, 6) is 0. The van der Waals surface area contributed by atoms with E-state index in [1.165, 1.54) is 0 Å². The van der Waals surface area contributed by atoms with Gasteiger partial charge in [0, 0.05) is 6.61 Å². The minimum Gasteiger partial charge on any atom is -0.402 e. The van der Waals surface area contributed by atoms with Crippen molar-refractivity contribution >= 4 is 7.32 Å². The Labute approximate surface area is 172 Å². The fourth-order valence-corrected chi connectivity index (χ4v) is 3.98. The van der Waals surface area contributed by atoms with Crippen LogP contribution in [0, 0.1) is 0 Å². The smallest absolute Gasteiger partial charge is 0.402 e. The van der Waals surface area contributed by atoms with Crippen molar-refractivity contribution in [2.45, 2.75) is 30.8 Å². The van der Waals surface area contributed by atoms with Crippen molar-refractivity contribution in [3.63, 3.8) is 0 Å². The van der Waals surface area contributed by atoms with Gasteiger partial charge in [-0.15, -0.1) is 0 Å². The SMILES string of the molecule is OB(O)OCCCCC(F)C(c1ccccc1)(c1ccccc1)c1ccccc1. The molecule has 0 aliphatic heterocycles. The summed E-state index contributed by atoms with van der Waals surface area (Å²) in [4.78, 5) is 0. The fourth-order valence-electron chi connectivity index (χ4n) is 3.98. The summed E-state index contributed by atoms with van der Waals surface area (Å²) >= 11 is 0. The average molecular weight is 392 g/mol. The van der Waals surface area contributed by atoms with Crippen LogP contribution in [0.1, 0.15) is 36.0 Å². The van der Waals surface area contributed by atoms with Crippen LogP contribution in [-0.4, -0.2) is 30.1 Å². The van der Waals surface area contributed by atoms with Gasteiger partial charge in [-0.25, -0.2) is 4.39 Å². The van der Waals surface area contributed by atoms with Gasteiger partial charge in [0.15, 0.2) is 0 Å². The molecule has 0 amide bonds. The second kappa shape index (κ2) is 10.4. The van der Waals surface area contributed by atoms with Crippen LogP contribution in [0.5, 0.6) is 0 Å². The molecule has 0 spiro atoms. The number of hydrogen-bond acceptors (Lipinski definition) is 3. The molecule has 29 heavy (non-hydrogen) atoms. The molecule has 5 heteroatoms. The van der Waals surface area contributed by atoms with Crippen molar-refractivity contribution in [3.05, 3.63) is 108 Å². The lowest BCUT2D eigenvalue weighted by Crippen LogP contribution is -2.39. The highest BCUT2D eigenvalue weighted by Gasteiger charge is 2.43. The van der Waals surface area contributed by atoms with E-state index in [2.05, 4.69) is 0 Å². The third-order valence-corrected chi connectivity index (χ3v) is 5.28. The summed E-state index contributed by atoms with van der Waals surface area (Å²) in [6.45, 7) is 0.180. The number of hydrogen-bond donors (Lipinski definition) is 2. The van der Waals surface area contributed by atoms with Gasteiger partial charge in [0.2, 0.25) is 0 Å². The maximum absolute atomic E-state index is 16.2. The van der Waals surface area contributed by atoms with E-state index < -0.39 is 18.9 Å². The summed E-state index contributed by atoms with van der Waals surface area (Å²) < 4.78 is 21.0. The van der Waals surface area contributed by atoms with Crippen molar-refractivity contribution in [1.82, 2.24) is 0 Å². The Hall–Kier alpha value is -2.47. The quantitative estimate of drug-likeness (QED) is 0.303. The molecule has 0 fully saturated rings. The molecule has 0 aliphatic carbocycles. The summed E-state index contributed by atoms with van der Waals surface area (Å²) in [5, 5.41) is 17.6. The van der Waals surface area contributed by atoms with Crippen molar-refractivity contribution in [3.8, 4) is 0 Å². The molecule has 2 N–H and O–H groups in total. The first-order chi connectivity index (χ1) is 14.2. The maximum Gasteiger partial charge on any atom is 0.633 e. The van der Waals surface area contributed by atoms with Crippen LogP contribution < -0.4 is 0 Å². The largest absolute Gasteiger partial charge is 0.633 e. The zero-order valence-corrected chi connectivity index (χ0v) is 16.3. The molecule has 0 heterocycles. The lowest BCUT2D eigenvalue weighted by atomic mass is 9.65. The van der Waals surface area contributed by atoms with Crippen LogP contribution in [0.25, 0.3) is 0 Å².